The van der Waals surface area contributed by atoms with Crippen molar-refractivity contribution in [1.29, 1.82) is 0 Å². The molecule has 4 heteroatoms. The summed E-state index contributed by atoms with van der Waals surface area (Å²) < 4.78 is 4.11. The summed E-state index contributed by atoms with van der Waals surface area (Å²) in [6.07, 6.45) is -1.18. The maximum Gasteiger partial charge on any atom is 0.244 e. The summed E-state index contributed by atoms with van der Waals surface area (Å²) in [6.45, 7) is -0.547. The zero-order chi connectivity index (χ0) is 5.49. The van der Waals surface area contributed by atoms with Crippen molar-refractivity contribution >= 4 is 0 Å². The van der Waals surface area contributed by atoms with E-state index in [9.17, 15) is 0 Å². The minimum atomic E-state index is -1.64. The van der Waals surface area contributed by atoms with Crippen molar-refractivity contribution in [2.75, 3.05) is 6.61 Å². The zero-order valence-corrected chi connectivity index (χ0v) is 3.53. The fourth-order valence-electron chi connectivity index (χ4n) is 0.275. The quantitative estimate of drug-likeness (QED) is 0.338. The molecule has 0 aromatic carbocycles. The van der Waals surface area contributed by atoms with Gasteiger partial charge in [-0.05, 0) is 0 Å². The van der Waals surface area contributed by atoms with Gasteiger partial charge in [-0.2, -0.15) is 0 Å². The van der Waals surface area contributed by atoms with Crippen LogP contribution in [0.5, 0.6) is 0 Å². The first-order chi connectivity index (χ1) is 3.19. The highest BCUT2D eigenvalue weighted by Gasteiger charge is 2.54. The van der Waals surface area contributed by atoms with Crippen LogP contribution in [0.4, 0.5) is 0 Å². The lowest BCUT2D eigenvalue weighted by Gasteiger charge is -1.92. The van der Waals surface area contributed by atoms with Gasteiger partial charge in [-0.3, -0.25) is 0 Å². The molecule has 1 rings (SSSR count). The number of hydrogen-bond acceptors (Lipinski definition) is 4. The summed E-state index contributed by atoms with van der Waals surface area (Å²) in [5, 5.41) is 24.8. The van der Waals surface area contributed by atoms with E-state index < -0.39 is 18.7 Å². The van der Waals surface area contributed by atoms with E-state index >= 15 is 0 Å². The second kappa shape index (κ2) is 1.16. The predicted molar refractivity (Wildman–Crippen MR) is 19.1 cm³/mol. The lowest BCUT2D eigenvalue weighted by molar-refractivity contribution is -0.0149. The topological polar surface area (TPSA) is 73.2 Å². The van der Waals surface area contributed by atoms with Crippen LogP contribution >= 0.6 is 0 Å². The Bertz CT molecular complexity index is 79.0. The summed E-state index contributed by atoms with van der Waals surface area (Å²) in [7, 11) is 0. The van der Waals surface area contributed by atoms with E-state index in [2.05, 4.69) is 4.74 Å². The SMILES string of the molecule is OCC1(O)OC1O. The second-order valence-electron chi connectivity index (χ2n) is 1.47. The summed E-state index contributed by atoms with van der Waals surface area (Å²) in [5.74, 6) is -1.64. The smallest absolute Gasteiger partial charge is 0.244 e. The first-order valence-corrected chi connectivity index (χ1v) is 1.88. The van der Waals surface area contributed by atoms with Crippen molar-refractivity contribution in [2.45, 2.75) is 12.1 Å². The summed E-state index contributed by atoms with van der Waals surface area (Å²) >= 11 is 0. The molecule has 4 nitrogen and oxygen atoms in total. The van der Waals surface area contributed by atoms with Crippen LogP contribution < -0.4 is 0 Å². The molecule has 7 heavy (non-hydrogen) atoms. The molecule has 0 spiro atoms. The molecule has 0 amide bonds. The van der Waals surface area contributed by atoms with Crippen LogP contribution in [0, 0.1) is 0 Å². The highest BCUT2D eigenvalue weighted by molar-refractivity contribution is 4.82. The highest BCUT2D eigenvalue weighted by Crippen LogP contribution is 2.29. The van der Waals surface area contributed by atoms with E-state index in [1.807, 2.05) is 0 Å². The Hall–Kier alpha value is -0.160. The molecule has 1 heterocycles. The molecule has 0 radical (unpaired) electrons. The monoisotopic (exact) mass is 106 g/mol. The largest absolute Gasteiger partial charge is 0.391 e. The molecule has 1 fully saturated rings. The van der Waals surface area contributed by atoms with Gasteiger partial charge in [0.15, 0.2) is 0 Å². The van der Waals surface area contributed by atoms with E-state index in [-0.39, 0.29) is 0 Å². The third-order valence-electron chi connectivity index (χ3n) is 0.871. The number of epoxide rings is 1. The molecule has 0 aromatic rings. The highest BCUT2D eigenvalue weighted by atomic mass is 16.8. The lowest BCUT2D eigenvalue weighted by atomic mass is 10.4. The van der Waals surface area contributed by atoms with Gasteiger partial charge in [-0.25, -0.2) is 0 Å². The van der Waals surface area contributed by atoms with Crippen molar-refractivity contribution < 1.29 is 20.1 Å². The zero-order valence-electron chi connectivity index (χ0n) is 3.53. The second-order valence-corrected chi connectivity index (χ2v) is 1.47. The van der Waals surface area contributed by atoms with Crippen LogP contribution in [0.25, 0.3) is 0 Å². The molecular weight excluding hydrogens is 100 g/mol. The molecule has 1 aliphatic heterocycles. The molecule has 1 aliphatic rings. The van der Waals surface area contributed by atoms with Crippen molar-refractivity contribution in [3.05, 3.63) is 0 Å². The van der Waals surface area contributed by atoms with Crippen LogP contribution in [0.3, 0.4) is 0 Å². The number of ether oxygens (including phenoxy) is 1. The Morgan fingerprint density at radius 2 is 2.14 bits per heavy atom. The Morgan fingerprint density at radius 1 is 1.71 bits per heavy atom. The van der Waals surface area contributed by atoms with Gasteiger partial charge in [0.25, 0.3) is 0 Å². The number of aliphatic hydroxyl groups excluding tert-OH is 2. The summed E-state index contributed by atoms with van der Waals surface area (Å²) in [6, 6.07) is 0. The molecule has 0 aliphatic carbocycles. The molecule has 42 valence electrons. The first-order valence-electron chi connectivity index (χ1n) is 1.88. The van der Waals surface area contributed by atoms with Gasteiger partial charge in [0, 0.05) is 0 Å². The maximum absolute atomic E-state index is 8.48. The third-order valence-corrected chi connectivity index (χ3v) is 0.871. The van der Waals surface area contributed by atoms with Gasteiger partial charge in [-0.15, -0.1) is 0 Å². The Kier molecular flexibility index (Phi) is 0.829. The van der Waals surface area contributed by atoms with Gasteiger partial charge in [0.05, 0.1) is 0 Å². The number of aliphatic hydroxyl groups is 3. The van der Waals surface area contributed by atoms with Crippen LogP contribution in [0.1, 0.15) is 0 Å². The van der Waals surface area contributed by atoms with Crippen LogP contribution in [0.2, 0.25) is 0 Å². The van der Waals surface area contributed by atoms with E-state index in [1.54, 1.807) is 0 Å². The van der Waals surface area contributed by atoms with E-state index in [0.29, 0.717) is 0 Å². The Morgan fingerprint density at radius 3 is 2.14 bits per heavy atom. The number of rotatable bonds is 1. The summed E-state index contributed by atoms with van der Waals surface area (Å²) in [4.78, 5) is 0. The minimum Gasteiger partial charge on any atom is -0.391 e. The predicted octanol–water partition coefficient (Wildman–Crippen LogP) is -1.98. The average Bonchev–Trinajstić information content (AvgIpc) is 2.18. The van der Waals surface area contributed by atoms with Gasteiger partial charge in [0.2, 0.25) is 12.1 Å². The third kappa shape index (κ3) is 0.614. The summed E-state index contributed by atoms with van der Waals surface area (Å²) in [5.41, 5.74) is 0. The molecule has 0 bridgehead atoms. The fourth-order valence-corrected chi connectivity index (χ4v) is 0.275. The maximum atomic E-state index is 8.48. The fraction of sp³-hybridized carbons (Fsp3) is 1.00. The Balaban J connectivity index is 2.36. The molecule has 3 N–H and O–H groups in total. The van der Waals surface area contributed by atoms with Crippen LogP contribution in [-0.4, -0.2) is 34.0 Å². The van der Waals surface area contributed by atoms with Gasteiger partial charge in [0.1, 0.15) is 6.61 Å². The Labute approximate surface area is 40.0 Å². The van der Waals surface area contributed by atoms with Gasteiger partial charge in [-0.1, -0.05) is 0 Å². The van der Waals surface area contributed by atoms with Crippen LogP contribution in [-0.2, 0) is 4.74 Å². The molecule has 0 saturated carbocycles. The first kappa shape index (κ1) is 4.99. The normalized spacial score (nSPS) is 49.3. The van der Waals surface area contributed by atoms with Crippen LogP contribution in [0.15, 0.2) is 0 Å². The van der Waals surface area contributed by atoms with Crippen molar-refractivity contribution in [3.8, 4) is 0 Å². The van der Waals surface area contributed by atoms with E-state index in [0.717, 1.165) is 0 Å². The number of hydrogen-bond donors (Lipinski definition) is 3. The van der Waals surface area contributed by atoms with Crippen molar-refractivity contribution in [2.24, 2.45) is 0 Å². The van der Waals surface area contributed by atoms with Gasteiger partial charge < -0.3 is 20.1 Å². The van der Waals surface area contributed by atoms with E-state index in [1.165, 1.54) is 0 Å². The lowest BCUT2D eigenvalue weighted by Crippen LogP contribution is -2.18. The minimum absolute atomic E-state index is 0.547. The average molecular weight is 106 g/mol. The molecule has 0 aromatic heterocycles. The standard InChI is InChI=1S/C3H6O4/c4-1-3(6)2(5)7-3/h2,4-6H,1H2. The van der Waals surface area contributed by atoms with E-state index in [4.69, 9.17) is 15.3 Å². The van der Waals surface area contributed by atoms with Gasteiger partial charge >= 0.3 is 0 Å². The molecular formula is C3H6O4. The van der Waals surface area contributed by atoms with Crippen molar-refractivity contribution in [3.63, 3.8) is 0 Å². The molecule has 1 saturated heterocycles. The molecule has 2 atom stereocenters. The van der Waals surface area contributed by atoms with Crippen molar-refractivity contribution in [1.82, 2.24) is 0 Å². The molecule has 2 unspecified atom stereocenters.